The van der Waals surface area contributed by atoms with E-state index in [1.54, 1.807) is 0 Å². The molecule has 3 nitrogen and oxygen atoms in total. The number of nitrogens with zero attached hydrogens (tertiary/aromatic N) is 2. The van der Waals surface area contributed by atoms with E-state index in [-0.39, 0.29) is 0 Å². The van der Waals surface area contributed by atoms with E-state index in [9.17, 15) is 0 Å². The molecule has 15 heavy (non-hydrogen) atoms. The average Bonchev–Trinajstić information content (AvgIpc) is 2.59. The zero-order valence-electron chi connectivity index (χ0n) is 10.3. The predicted octanol–water partition coefficient (Wildman–Crippen LogP) is 1.05. The van der Waals surface area contributed by atoms with Crippen molar-refractivity contribution in [1.29, 1.82) is 0 Å². The average molecular weight is 212 g/mol. The smallest absolute Gasteiger partial charge is 0.0528 e. The van der Waals surface area contributed by atoms with Crippen molar-refractivity contribution in [2.75, 3.05) is 39.9 Å². The highest BCUT2D eigenvalue weighted by molar-refractivity contribution is 4.85. The van der Waals surface area contributed by atoms with E-state index in [0.717, 1.165) is 25.2 Å². The SMILES string of the molecule is CC(C)N1CCC(N(C)CC2COC2)C1. The summed E-state index contributed by atoms with van der Waals surface area (Å²) in [5.74, 6) is 0.795. The Labute approximate surface area is 93.4 Å². The summed E-state index contributed by atoms with van der Waals surface area (Å²) in [4.78, 5) is 5.12. The van der Waals surface area contributed by atoms with Gasteiger partial charge >= 0.3 is 0 Å². The molecule has 0 amide bonds. The van der Waals surface area contributed by atoms with Crippen molar-refractivity contribution in [2.24, 2.45) is 5.92 Å². The predicted molar refractivity (Wildman–Crippen MR) is 62.1 cm³/mol. The third kappa shape index (κ3) is 2.71. The second kappa shape index (κ2) is 4.81. The molecule has 0 N–H and O–H groups in total. The molecule has 0 bridgehead atoms. The van der Waals surface area contributed by atoms with E-state index in [2.05, 4.69) is 30.7 Å². The lowest BCUT2D eigenvalue weighted by atomic mass is 10.1. The second-order valence-electron chi connectivity index (χ2n) is 5.37. The first-order valence-corrected chi connectivity index (χ1v) is 6.19. The van der Waals surface area contributed by atoms with Gasteiger partial charge in [-0.15, -0.1) is 0 Å². The van der Waals surface area contributed by atoms with Crippen molar-refractivity contribution in [3.63, 3.8) is 0 Å². The Morgan fingerprint density at radius 2 is 2.13 bits per heavy atom. The van der Waals surface area contributed by atoms with Gasteiger partial charge in [-0.3, -0.25) is 4.90 Å². The second-order valence-corrected chi connectivity index (χ2v) is 5.37. The van der Waals surface area contributed by atoms with Gasteiger partial charge in [-0.05, 0) is 27.3 Å². The largest absolute Gasteiger partial charge is 0.381 e. The number of likely N-dealkylation sites (tertiary alicyclic amines) is 1. The lowest BCUT2D eigenvalue weighted by Crippen LogP contribution is -2.43. The fourth-order valence-electron chi connectivity index (χ4n) is 2.54. The maximum Gasteiger partial charge on any atom is 0.0528 e. The van der Waals surface area contributed by atoms with E-state index >= 15 is 0 Å². The summed E-state index contributed by atoms with van der Waals surface area (Å²) in [6.45, 7) is 10.3. The Morgan fingerprint density at radius 1 is 1.40 bits per heavy atom. The summed E-state index contributed by atoms with van der Waals surface area (Å²) >= 11 is 0. The van der Waals surface area contributed by atoms with E-state index < -0.39 is 0 Å². The molecule has 0 aromatic heterocycles. The standard InChI is InChI=1S/C12H24N2O/c1-10(2)14-5-4-12(7-14)13(3)6-11-8-15-9-11/h10-12H,4-9H2,1-3H3. The van der Waals surface area contributed by atoms with Crippen LogP contribution in [0.1, 0.15) is 20.3 Å². The first-order valence-electron chi connectivity index (χ1n) is 6.19. The number of likely N-dealkylation sites (N-methyl/N-ethyl adjacent to an activating group) is 1. The fraction of sp³-hybridized carbons (Fsp3) is 1.00. The monoisotopic (exact) mass is 212 g/mol. The molecule has 88 valence electrons. The molecule has 1 unspecified atom stereocenters. The van der Waals surface area contributed by atoms with E-state index in [1.807, 2.05) is 0 Å². The molecule has 2 heterocycles. The third-order valence-electron chi connectivity index (χ3n) is 3.80. The van der Waals surface area contributed by atoms with Gasteiger partial charge in [0.2, 0.25) is 0 Å². The summed E-state index contributed by atoms with van der Waals surface area (Å²) in [7, 11) is 2.27. The Hall–Kier alpha value is -0.120. The van der Waals surface area contributed by atoms with Crippen molar-refractivity contribution in [1.82, 2.24) is 9.80 Å². The summed E-state index contributed by atoms with van der Waals surface area (Å²) in [6, 6.07) is 1.48. The van der Waals surface area contributed by atoms with Crippen molar-refractivity contribution in [2.45, 2.75) is 32.4 Å². The van der Waals surface area contributed by atoms with Gasteiger partial charge < -0.3 is 9.64 Å². The van der Waals surface area contributed by atoms with Crippen LogP contribution in [0.3, 0.4) is 0 Å². The highest BCUT2D eigenvalue weighted by atomic mass is 16.5. The van der Waals surface area contributed by atoms with Crippen LogP contribution < -0.4 is 0 Å². The molecule has 0 spiro atoms. The Bertz CT molecular complexity index is 204. The number of hydrogen-bond acceptors (Lipinski definition) is 3. The van der Waals surface area contributed by atoms with Crippen molar-refractivity contribution in [3.8, 4) is 0 Å². The van der Waals surface area contributed by atoms with Gasteiger partial charge in [0.15, 0.2) is 0 Å². The van der Waals surface area contributed by atoms with E-state index in [0.29, 0.717) is 6.04 Å². The van der Waals surface area contributed by atoms with Crippen LogP contribution in [0.4, 0.5) is 0 Å². The molecule has 0 radical (unpaired) electrons. The summed E-state index contributed by atoms with van der Waals surface area (Å²) in [5.41, 5.74) is 0. The zero-order valence-corrected chi connectivity index (χ0v) is 10.3. The molecule has 0 aromatic rings. The van der Waals surface area contributed by atoms with Crippen LogP contribution in [-0.2, 0) is 4.74 Å². The van der Waals surface area contributed by atoms with E-state index in [1.165, 1.54) is 26.1 Å². The molecule has 2 rings (SSSR count). The van der Waals surface area contributed by atoms with Crippen LogP contribution in [-0.4, -0.2) is 61.8 Å². The van der Waals surface area contributed by atoms with Crippen LogP contribution in [0.15, 0.2) is 0 Å². The molecular formula is C12H24N2O. The van der Waals surface area contributed by atoms with Gasteiger partial charge in [0.05, 0.1) is 13.2 Å². The lowest BCUT2D eigenvalue weighted by Gasteiger charge is -2.33. The molecule has 3 heteroatoms. The van der Waals surface area contributed by atoms with Gasteiger partial charge in [-0.25, -0.2) is 0 Å². The van der Waals surface area contributed by atoms with Gasteiger partial charge in [0.25, 0.3) is 0 Å². The fourth-order valence-corrected chi connectivity index (χ4v) is 2.54. The van der Waals surface area contributed by atoms with Crippen molar-refractivity contribution in [3.05, 3.63) is 0 Å². The molecule has 0 saturated carbocycles. The number of hydrogen-bond donors (Lipinski definition) is 0. The van der Waals surface area contributed by atoms with Crippen LogP contribution in [0.5, 0.6) is 0 Å². The summed E-state index contributed by atoms with van der Waals surface area (Å²) in [5, 5.41) is 0. The Balaban J connectivity index is 1.74. The summed E-state index contributed by atoms with van der Waals surface area (Å²) in [6.07, 6.45) is 1.34. The molecule has 2 aliphatic rings. The molecule has 2 saturated heterocycles. The van der Waals surface area contributed by atoms with Crippen LogP contribution >= 0.6 is 0 Å². The van der Waals surface area contributed by atoms with Gasteiger partial charge in [0.1, 0.15) is 0 Å². The molecule has 2 aliphatic heterocycles. The topological polar surface area (TPSA) is 15.7 Å². The highest BCUT2D eigenvalue weighted by Crippen LogP contribution is 2.19. The zero-order chi connectivity index (χ0) is 10.8. The van der Waals surface area contributed by atoms with Crippen LogP contribution in [0.25, 0.3) is 0 Å². The third-order valence-corrected chi connectivity index (χ3v) is 3.80. The van der Waals surface area contributed by atoms with E-state index in [4.69, 9.17) is 4.74 Å². The van der Waals surface area contributed by atoms with Gasteiger partial charge in [0, 0.05) is 37.6 Å². The Kier molecular flexibility index (Phi) is 3.65. The minimum Gasteiger partial charge on any atom is -0.381 e. The van der Waals surface area contributed by atoms with Gasteiger partial charge in [-0.2, -0.15) is 0 Å². The molecule has 0 aliphatic carbocycles. The van der Waals surface area contributed by atoms with Gasteiger partial charge in [-0.1, -0.05) is 0 Å². The first-order chi connectivity index (χ1) is 7.16. The molecular weight excluding hydrogens is 188 g/mol. The maximum absolute atomic E-state index is 5.22. The quantitative estimate of drug-likeness (QED) is 0.693. The van der Waals surface area contributed by atoms with Crippen LogP contribution in [0.2, 0.25) is 0 Å². The maximum atomic E-state index is 5.22. The molecule has 1 atom stereocenters. The van der Waals surface area contributed by atoms with Crippen molar-refractivity contribution >= 4 is 0 Å². The summed E-state index contributed by atoms with van der Waals surface area (Å²) < 4.78 is 5.22. The Morgan fingerprint density at radius 3 is 2.60 bits per heavy atom. The normalized spacial score (nSPS) is 29.0. The minimum absolute atomic E-state index is 0.704. The highest BCUT2D eigenvalue weighted by Gasteiger charge is 2.29. The lowest BCUT2D eigenvalue weighted by molar-refractivity contribution is -0.0476. The number of rotatable bonds is 4. The molecule has 2 fully saturated rings. The first kappa shape index (κ1) is 11.4. The van der Waals surface area contributed by atoms with Crippen LogP contribution in [0, 0.1) is 5.92 Å². The van der Waals surface area contributed by atoms with Crippen molar-refractivity contribution < 1.29 is 4.74 Å². The minimum atomic E-state index is 0.704. The number of ether oxygens (including phenoxy) is 1. The molecule has 0 aromatic carbocycles.